The molecule has 0 aliphatic heterocycles. The van der Waals surface area contributed by atoms with Gasteiger partial charge in [-0.3, -0.25) is 4.79 Å². The lowest BCUT2D eigenvalue weighted by molar-refractivity contribution is -0.131. The van der Waals surface area contributed by atoms with E-state index in [4.69, 9.17) is 0 Å². The van der Waals surface area contributed by atoms with E-state index < -0.39 is 0 Å². The Morgan fingerprint density at radius 3 is 2.29 bits per heavy atom. The number of fused-ring (bicyclic) bond motifs is 5. The van der Waals surface area contributed by atoms with Gasteiger partial charge >= 0.3 is 0 Å². The molecule has 7 unspecified atom stereocenters. The zero-order valence-corrected chi connectivity index (χ0v) is 16.4. The van der Waals surface area contributed by atoms with E-state index in [1.165, 1.54) is 64.2 Å². The summed E-state index contributed by atoms with van der Waals surface area (Å²) in [5.41, 5.74) is 0.966. The quantitative estimate of drug-likeness (QED) is 0.584. The summed E-state index contributed by atoms with van der Waals surface area (Å²) in [4.78, 5) is 12.2. The smallest absolute Gasteiger partial charge is 0.133 e. The van der Waals surface area contributed by atoms with Crippen LogP contribution in [0.25, 0.3) is 0 Å². The van der Waals surface area contributed by atoms with Crippen molar-refractivity contribution in [3.63, 3.8) is 0 Å². The highest BCUT2D eigenvalue weighted by Crippen LogP contribution is 2.66. The molecule has 0 aromatic carbocycles. The van der Waals surface area contributed by atoms with Crippen LogP contribution in [0.3, 0.4) is 0 Å². The van der Waals surface area contributed by atoms with E-state index >= 15 is 0 Å². The third-order valence-corrected chi connectivity index (χ3v) is 9.66. The van der Waals surface area contributed by atoms with Crippen LogP contribution in [0.1, 0.15) is 91.9 Å². The van der Waals surface area contributed by atoms with E-state index in [-0.39, 0.29) is 0 Å². The summed E-state index contributed by atoms with van der Waals surface area (Å²) < 4.78 is 0. The fourth-order valence-electron chi connectivity index (χ4n) is 8.44. The van der Waals surface area contributed by atoms with E-state index in [2.05, 4.69) is 20.8 Å². The van der Waals surface area contributed by atoms with Crippen LogP contribution in [0, 0.1) is 46.3 Å². The summed E-state index contributed by atoms with van der Waals surface area (Å²) in [7, 11) is 0. The third-order valence-electron chi connectivity index (χ3n) is 9.66. The fourth-order valence-corrected chi connectivity index (χ4v) is 8.44. The van der Waals surface area contributed by atoms with Gasteiger partial charge in [0.15, 0.2) is 0 Å². The maximum absolute atomic E-state index is 12.2. The van der Waals surface area contributed by atoms with Gasteiger partial charge in [0.2, 0.25) is 0 Å². The Hall–Kier alpha value is -0.330. The van der Waals surface area contributed by atoms with Gasteiger partial charge in [0.25, 0.3) is 0 Å². The molecule has 4 saturated carbocycles. The summed E-state index contributed by atoms with van der Waals surface area (Å²) in [5.74, 6) is 5.58. The van der Waals surface area contributed by atoms with Crippen molar-refractivity contribution in [1.29, 1.82) is 0 Å². The van der Waals surface area contributed by atoms with Crippen LogP contribution in [0.15, 0.2) is 0 Å². The van der Waals surface area contributed by atoms with E-state index in [0.717, 1.165) is 29.6 Å². The topological polar surface area (TPSA) is 17.1 Å². The number of Topliss-reactive ketones (excluding diaryl/α,β-unsaturated/α-hetero) is 1. The van der Waals surface area contributed by atoms with Crippen molar-refractivity contribution < 1.29 is 4.79 Å². The van der Waals surface area contributed by atoms with Crippen LogP contribution in [-0.2, 0) is 4.79 Å². The van der Waals surface area contributed by atoms with Gasteiger partial charge in [-0.2, -0.15) is 0 Å². The van der Waals surface area contributed by atoms with Crippen molar-refractivity contribution in [2.45, 2.75) is 91.9 Å². The highest BCUT2D eigenvalue weighted by molar-refractivity contribution is 5.79. The van der Waals surface area contributed by atoms with Crippen molar-refractivity contribution in [2.24, 2.45) is 46.3 Å². The highest BCUT2D eigenvalue weighted by Gasteiger charge is 2.59. The fraction of sp³-hybridized carbons (Fsp3) is 0.957. The van der Waals surface area contributed by atoms with Gasteiger partial charge in [-0.05, 0) is 98.7 Å². The van der Waals surface area contributed by atoms with Crippen molar-refractivity contribution >= 4 is 5.78 Å². The van der Waals surface area contributed by atoms with Crippen LogP contribution in [-0.4, -0.2) is 5.78 Å². The number of hydrogen-bond acceptors (Lipinski definition) is 1. The monoisotopic (exact) mass is 330 g/mol. The lowest BCUT2D eigenvalue weighted by atomic mass is 9.45. The van der Waals surface area contributed by atoms with Crippen molar-refractivity contribution in [3.05, 3.63) is 0 Å². The summed E-state index contributed by atoms with van der Waals surface area (Å²) in [6.07, 6.45) is 14.0. The molecule has 1 heteroatoms. The molecule has 4 fully saturated rings. The van der Waals surface area contributed by atoms with Crippen molar-refractivity contribution in [2.75, 3.05) is 0 Å². The predicted molar refractivity (Wildman–Crippen MR) is 99.7 cm³/mol. The van der Waals surface area contributed by atoms with Crippen molar-refractivity contribution in [1.82, 2.24) is 0 Å². The minimum atomic E-state index is 0.335. The Morgan fingerprint density at radius 1 is 0.917 bits per heavy atom. The average Bonchev–Trinajstić information content (AvgIpc) is 2.90. The maximum Gasteiger partial charge on any atom is 0.133 e. The molecule has 0 saturated heterocycles. The Morgan fingerprint density at radius 2 is 1.58 bits per heavy atom. The van der Waals surface area contributed by atoms with Crippen LogP contribution in [0.4, 0.5) is 0 Å². The molecule has 0 aromatic heterocycles. The van der Waals surface area contributed by atoms with Gasteiger partial charge in [0.1, 0.15) is 5.78 Å². The van der Waals surface area contributed by atoms with Gasteiger partial charge < -0.3 is 0 Å². The number of carbonyl (C=O) groups is 1. The molecule has 0 bridgehead atoms. The minimum Gasteiger partial charge on any atom is -0.300 e. The zero-order chi connectivity index (χ0) is 17.1. The van der Waals surface area contributed by atoms with Crippen LogP contribution >= 0.6 is 0 Å². The Labute approximate surface area is 149 Å². The molecule has 8 atom stereocenters. The molecule has 136 valence electrons. The molecule has 1 nitrogen and oxygen atoms in total. The standard InChI is InChI=1S/C23H38O/c1-5-16-6-7-20-17-11-13-23(4)19(15(2)24)8-9-21(23)18(17)10-12-22(20,3)14-16/h16-21H,5-14H2,1-4H3/t16?,17?,18?,19?,20?,21?,22-,23?/m1/s1. The van der Waals surface area contributed by atoms with Gasteiger partial charge in [0, 0.05) is 5.92 Å². The van der Waals surface area contributed by atoms with Gasteiger partial charge in [-0.15, -0.1) is 0 Å². The molecule has 0 radical (unpaired) electrons. The SMILES string of the molecule is CCC1CCC2C3CCC4(C)C(C(C)=O)CCC4C3CC[C@]2(C)C1. The molecular formula is C23H38O. The first-order valence-electron chi connectivity index (χ1n) is 10.9. The van der Waals surface area contributed by atoms with E-state index in [9.17, 15) is 4.79 Å². The minimum absolute atomic E-state index is 0.335. The first-order valence-corrected chi connectivity index (χ1v) is 10.9. The largest absolute Gasteiger partial charge is 0.300 e. The number of hydrogen-bond donors (Lipinski definition) is 0. The summed E-state index contributed by atoms with van der Waals surface area (Å²) in [5, 5.41) is 0. The van der Waals surface area contributed by atoms with Crippen LogP contribution < -0.4 is 0 Å². The van der Waals surface area contributed by atoms with Crippen LogP contribution in [0.5, 0.6) is 0 Å². The van der Waals surface area contributed by atoms with E-state index in [1.54, 1.807) is 0 Å². The third kappa shape index (κ3) is 2.36. The Balaban J connectivity index is 1.57. The molecule has 4 aliphatic carbocycles. The molecule has 4 rings (SSSR count). The second kappa shape index (κ2) is 5.85. The van der Waals surface area contributed by atoms with E-state index in [1.807, 2.05) is 6.92 Å². The van der Waals surface area contributed by atoms with Crippen molar-refractivity contribution in [3.8, 4) is 0 Å². The molecule has 0 amide bonds. The number of carbonyl (C=O) groups excluding carboxylic acids is 1. The normalized spacial score (nSPS) is 53.8. The number of rotatable bonds is 2. The predicted octanol–water partition coefficient (Wildman–Crippen LogP) is 6.26. The summed E-state index contributed by atoms with van der Waals surface area (Å²) in [6, 6.07) is 0. The highest BCUT2D eigenvalue weighted by atomic mass is 16.1. The zero-order valence-electron chi connectivity index (χ0n) is 16.4. The van der Waals surface area contributed by atoms with Gasteiger partial charge in [-0.25, -0.2) is 0 Å². The average molecular weight is 331 g/mol. The maximum atomic E-state index is 12.2. The van der Waals surface area contributed by atoms with Gasteiger partial charge in [-0.1, -0.05) is 33.6 Å². The summed E-state index contributed by atoms with van der Waals surface area (Å²) in [6.45, 7) is 9.37. The van der Waals surface area contributed by atoms with E-state index in [0.29, 0.717) is 22.5 Å². The first-order chi connectivity index (χ1) is 11.4. The lowest BCUT2D eigenvalue weighted by Crippen LogP contribution is -2.52. The molecular weight excluding hydrogens is 292 g/mol. The summed E-state index contributed by atoms with van der Waals surface area (Å²) >= 11 is 0. The molecule has 4 aliphatic rings. The second-order valence-corrected chi connectivity index (χ2v) is 10.6. The number of ketones is 1. The molecule has 0 heterocycles. The molecule has 0 aromatic rings. The second-order valence-electron chi connectivity index (χ2n) is 10.6. The molecule has 24 heavy (non-hydrogen) atoms. The van der Waals surface area contributed by atoms with Crippen LogP contribution in [0.2, 0.25) is 0 Å². The van der Waals surface area contributed by atoms with Gasteiger partial charge in [0.05, 0.1) is 0 Å². The molecule has 0 spiro atoms. The Bertz CT molecular complexity index is 510. The lowest BCUT2D eigenvalue weighted by Gasteiger charge is -2.60. The molecule has 0 N–H and O–H groups in total. The Kier molecular flexibility index (Phi) is 4.17. The first kappa shape index (κ1) is 17.1.